The summed E-state index contributed by atoms with van der Waals surface area (Å²) in [6.07, 6.45) is -3.79. The van der Waals surface area contributed by atoms with E-state index in [0.717, 1.165) is 6.92 Å². The van der Waals surface area contributed by atoms with Gasteiger partial charge in [0.2, 0.25) is 0 Å². The predicted molar refractivity (Wildman–Crippen MR) is 42.7 cm³/mol. The van der Waals surface area contributed by atoms with Crippen LogP contribution in [0.25, 0.3) is 0 Å². The molecule has 74 valence electrons. The maximum atomic E-state index is 12.2. The van der Waals surface area contributed by atoms with Crippen molar-refractivity contribution in [1.29, 1.82) is 0 Å². The molecule has 0 aliphatic rings. The molecule has 0 aromatic heterocycles. The number of hydrogen-bond acceptors (Lipinski definition) is 1. The summed E-state index contributed by atoms with van der Waals surface area (Å²) in [5.41, 5.74) is 3.09. The molecule has 0 amide bonds. The largest absolute Gasteiger partial charge is 0.406 e. The average Bonchev–Trinajstić information content (AvgIpc) is 1.81. The molecule has 0 aromatic rings. The highest BCUT2D eigenvalue weighted by atomic mass is 19.4. The lowest BCUT2D eigenvalue weighted by molar-refractivity contribution is -0.183. The topological polar surface area (TPSA) is 26.0 Å². The Morgan fingerprint density at radius 2 is 1.67 bits per heavy atom. The minimum Gasteiger partial charge on any atom is -0.318 e. The second kappa shape index (κ2) is 3.64. The van der Waals surface area contributed by atoms with Gasteiger partial charge >= 0.3 is 6.18 Å². The molecule has 0 aliphatic carbocycles. The van der Waals surface area contributed by atoms with E-state index in [1.165, 1.54) is 0 Å². The van der Waals surface area contributed by atoms with Crippen molar-refractivity contribution in [2.24, 2.45) is 11.7 Å². The van der Waals surface area contributed by atoms with Gasteiger partial charge in [0.1, 0.15) is 5.54 Å². The molecule has 1 unspecified atom stereocenters. The van der Waals surface area contributed by atoms with E-state index >= 15 is 0 Å². The van der Waals surface area contributed by atoms with Gasteiger partial charge in [0, 0.05) is 0 Å². The van der Waals surface area contributed by atoms with Crippen molar-refractivity contribution in [3.63, 3.8) is 0 Å². The van der Waals surface area contributed by atoms with Gasteiger partial charge < -0.3 is 5.73 Å². The zero-order valence-corrected chi connectivity index (χ0v) is 7.70. The van der Waals surface area contributed by atoms with Gasteiger partial charge in [0.05, 0.1) is 0 Å². The smallest absolute Gasteiger partial charge is 0.318 e. The van der Waals surface area contributed by atoms with E-state index in [-0.39, 0.29) is 12.3 Å². The quantitative estimate of drug-likeness (QED) is 0.715. The van der Waals surface area contributed by atoms with E-state index < -0.39 is 11.7 Å². The summed E-state index contributed by atoms with van der Waals surface area (Å²) < 4.78 is 36.5. The number of nitrogens with two attached hydrogens (primary N) is 1. The molecule has 0 bridgehead atoms. The minimum atomic E-state index is -4.29. The van der Waals surface area contributed by atoms with Gasteiger partial charge in [-0.25, -0.2) is 0 Å². The van der Waals surface area contributed by atoms with Gasteiger partial charge in [-0.2, -0.15) is 13.2 Å². The van der Waals surface area contributed by atoms with Crippen LogP contribution >= 0.6 is 0 Å². The molecule has 0 aliphatic heterocycles. The Balaban J connectivity index is 4.05. The first-order valence-corrected chi connectivity index (χ1v) is 4.02. The molecule has 0 saturated carbocycles. The molecule has 2 N–H and O–H groups in total. The Hall–Kier alpha value is -0.250. The maximum absolute atomic E-state index is 12.2. The summed E-state index contributed by atoms with van der Waals surface area (Å²) >= 11 is 0. The highest BCUT2D eigenvalue weighted by molar-refractivity contribution is 4.86. The molecule has 0 rings (SSSR count). The van der Waals surface area contributed by atoms with Gasteiger partial charge in [0.15, 0.2) is 0 Å². The zero-order chi connectivity index (χ0) is 9.99. The van der Waals surface area contributed by atoms with Crippen LogP contribution in [0.5, 0.6) is 0 Å². The minimum absolute atomic E-state index is 0.00579. The maximum Gasteiger partial charge on any atom is 0.406 e. The molecular weight excluding hydrogens is 167 g/mol. The third kappa shape index (κ3) is 3.43. The molecule has 0 saturated heterocycles. The predicted octanol–water partition coefficient (Wildman–Crippen LogP) is 2.70. The highest BCUT2D eigenvalue weighted by Gasteiger charge is 2.47. The first-order valence-electron chi connectivity index (χ1n) is 4.02. The van der Waals surface area contributed by atoms with Crippen molar-refractivity contribution < 1.29 is 13.2 Å². The Morgan fingerprint density at radius 1 is 1.25 bits per heavy atom. The summed E-state index contributed by atoms with van der Waals surface area (Å²) in [5.74, 6) is 0.259. The summed E-state index contributed by atoms with van der Waals surface area (Å²) in [4.78, 5) is 0. The van der Waals surface area contributed by atoms with Crippen LogP contribution in [0.2, 0.25) is 0 Å². The van der Waals surface area contributed by atoms with Gasteiger partial charge in [-0.3, -0.25) is 0 Å². The second-order valence-corrected chi connectivity index (χ2v) is 3.85. The van der Waals surface area contributed by atoms with Crippen LogP contribution in [0.4, 0.5) is 13.2 Å². The first-order chi connectivity index (χ1) is 5.17. The summed E-state index contributed by atoms with van der Waals surface area (Å²) in [6.45, 7) is 4.80. The standard InChI is InChI=1S/C8H16F3N/c1-6(2)4-5-7(3,12)8(9,10)11/h6H,4-5,12H2,1-3H3. The molecule has 0 fully saturated rings. The normalized spacial score (nSPS) is 18.0. The van der Waals surface area contributed by atoms with E-state index in [2.05, 4.69) is 0 Å². The van der Waals surface area contributed by atoms with Crippen LogP contribution in [-0.2, 0) is 0 Å². The van der Waals surface area contributed by atoms with Crippen LogP contribution in [0.1, 0.15) is 33.6 Å². The summed E-state index contributed by atoms with van der Waals surface area (Å²) in [6, 6.07) is 0. The molecular formula is C8H16F3N. The molecule has 0 aromatic carbocycles. The van der Waals surface area contributed by atoms with Crippen molar-refractivity contribution in [1.82, 2.24) is 0 Å². The Morgan fingerprint density at radius 3 is 1.92 bits per heavy atom. The second-order valence-electron chi connectivity index (χ2n) is 3.85. The molecule has 0 heterocycles. The molecule has 4 heteroatoms. The number of halogens is 3. The van der Waals surface area contributed by atoms with Crippen molar-refractivity contribution >= 4 is 0 Å². The summed E-state index contributed by atoms with van der Waals surface area (Å²) in [7, 11) is 0. The van der Waals surface area contributed by atoms with Gasteiger partial charge in [0.25, 0.3) is 0 Å². The van der Waals surface area contributed by atoms with E-state index in [1.807, 2.05) is 13.8 Å². The van der Waals surface area contributed by atoms with E-state index in [4.69, 9.17) is 5.73 Å². The number of rotatable bonds is 3. The van der Waals surface area contributed by atoms with E-state index in [1.54, 1.807) is 0 Å². The first kappa shape index (κ1) is 11.8. The lowest BCUT2D eigenvalue weighted by atomic mass is 9.92. The molecule has 1 nitrogen and oxygen atoms in total. The summed E-state index contributed by atoms with van der Waals surface area (Å²) in [5, 5.41) is 0. The van der Waals surface area contributed by atoms with Crippen molar-refractivity contribution in [2.45, 2.75) is 45.3 Å². The van der Waals surface area contributed by atoms with Gasteiger partial charge in [-0.15, -0.1) is 0 Å². The fraction of sp³-hybridized carbons (Fsp3) is 1.00. The Kier molecular flexibility index (Phi) is 3.57. The average molecular weight is 183 g/mol. The molecule has 0 radical (unpaired) electrons. The Labute approximate surface area is 71.1 Å². The van der Waals surface area contributed by atoms with Crippen LogP contribution < -0.4 is 5.73 Å². The van der Waals surface area contributed by atoms with Crippen molar-refractivity contribution in [2.75, 3.05) is 0 Å². The fourth-order valence-corrected chi connectivity index (χ4v) is 0.730. The highest BCUT2D eigenvalue weighted by Crippen LogP contribution is 2.32. The number of hydrogen-bond donors (Lipinski definition) is 1. The van der Waals surface area contributed by atoms with Crippen LogP contribution in [-0.4, -0.2) is 11.7 Å². The third-order valence-corrected chi connectivity index (χ3v) is 1.89. The van der Waals surface area contributed by atoms with E-state index in [9.17, 15) is 13.2 Å². The van der Waals surface area contributed by atoms with Crippen molar-refractivity contribution in [3.8, 4) is 0 Å². The lowest BCUT2D eigenvalue weighted by Gasteiger charge is -2.28. The molecule has 12 heavy (non-hydrogen) atoms. The molecule has 0 spiro atoms. The van der Waals surface area contributed by atoms with Crippen molar-refractivity contribution in [3.05, 3.63) is 0 Å². The van der Waals surface area contributed by atoms with Gasteiger partial charge in [-0.1, -0.05) is 13.8 Å². The lowest BCUT2D eigenvalue weighted by Crippen LogP contribution is -2.50. The molecule has 1 atom stereocenters. The van der Waals surface area contributed by atoms with Gasteiger partial charge in [-0.05, 0) is 25.7 Å². The SMILES string of the molecule is CC(C)CCC(C)(N)C(F)(F)F. The Bertz CT molecular complexity index is 138. The van der Waals surface area contributed by atoms with E-state index in [0.29, 0.717) is 6.42 Å². The third-order valence-electron chi connectivity index (χ3n) is 1.89. The number of alkyl halides is 3. The van der Waals surface area contributed by atoms with Crippen LogP contribution in [0, 0.1) is 5.92 Å². The monoisotopic (exact) mass is 183 g/mol. The zero-order valence-electron chi connectivity index (χ0n) is 7.70. The van der Waals surface area contributed by atoms with Crippen LogP contribution in [0.3, 0.4) is 0 Å². The van der Waals surface area contributed by atoms with Crippen LogP contribution in [0.15, 0.2) is 0 Å². The fourth-order valence-electron chi connectivity index (χ4n) is 0.730.